The number of benzene rings is 4. The minimum atomic E-state index is -0.867. The summed E-state index contributed by atoms with van der Waals surface area (Å²) in [5.41, 5.74) is 6.05. The molecular formula is C42H46N4O6. The molecule has 0 radical (unpaired) electrons. The molecule has 270 valence electrons. The van der Waals surface area contributed by atoms with E-state index in [1.165, 1.54) is 5.56 Å². The maximum absolute atomic E-state index is 10.5. The van der Waals surface area contributed by atoms with Gasteiger partial charge >= 0.3 is 5.97 Å². The Morgan fingerprint density at radius 2 is 1.06 bits per heavy atom. The Morgan fingerprint density at radius 3 is 1.46 bits per heavy atom. The number of carbonyl (C=O) groups is 1. The number of rotatable bonds is 17. The van der Waals surface area contributed by atoms with Crippen molar-refractivity contribution in [2.24, 2.45) is 0 Å². The van der Waals surface area contributed by atoms with E-state index in [1.807, 2.05) is 111 Å². The standard InChI is InChI=1S/C21H22N2O4.C21H24N2O2/c1-15-19(23-21(27-15)17-5-3-2-4-6-17)11-12-26-18-9-7-16(8-10-18)13-22-14-20(24)25;1-3-22-15-17-9-11-19(12-10-17)24-14-13-20-16(2)25-21(23-20)18-7-5-4-6-8-18/h2-10,22H,11-14H2,1H3,(H,24,25);4-12,22H,3,13-15H2,1-2H3. The van der Waals surface area contributed by atoms with Gasteiger partial charge in [0.1, 0.15) is 23.0 Å². The molecular weight excluding hydrogens is 656 g/mol. The van der Waals surface area contributed by atoms with Crippen LogP contribution in [0.5, 0.6) is 11.5 Å². The third kappa shape index (κ3) is 11.7. The molecule has 0 unspecified atom stereocenters. The van der Waals surface area contributed by atoms with Crippen LogP contribution in [0, 0.1) is 13.8 Å². The molecule has 0 aliphatic rings. The van der Waals surface area contributed by atoms with Crippen LogP contribution >= 0.6 is 0 Å². The normalized spacial score (nSPS) is 10.8. The second kappa shape index (κ2) is 19.6. The number of nitrogens with zero attached hydrogens (tertiary/aromatic N) is 2. The lowest BCUT2D eigenvalue weighted by Gasteiger charge is -2.07. The van der Waals surface area contributed by atoms with Crippen LogP contribution in [0.1, 0.15) is 41.0 Å². The van der Waals surface area contributed by atoms with E-state index >= 15 is 0 Å². The molecule has 6 rings (SSSR count). The van der Waals surface area contributed by atoms with Crippen LogP contribution in [0.15, 0.2) is 118 Å². The molecule has 3 N–H and O–H groups in total. The fourth-order valence-corrected chi connectivity index (χ4v) is 5.25. The number of carboxylic acid groups (broad SMARTS) is 1. The quantitative estimate of drug-likeness (QED) is 0.0864. The van der Waals surface area contributed by atoms with Gasteiger partial charge < -0.3 is 34.0 Å². The van der Waals surface area contributed by atoms with Crippen molar-refractivity contribution in [1.29, 1.82) is 0 Å². The van der Waals surface area contributed by atoms with Crippen LogP contribution in [0.2, 0.25) is 0 Å². The van der Waals surface area contributed by atoms with Crippen molar-refractivity contribution in [3.63, 3.8) is 0 Å². The van der Waals surface area contributed by atoms with Gasteiger partial charge in [0.25, 0.3) is 0 Å². The Balaban J connectivity index is 0.000000202. The number of carboxylic acids is 1. The summed E-state index contributed by atoms with van der Waals surface area (Å²) in [5, 5.41) is 14.8. The highest BCUT2D eigenvalue weighted by Crippen LogP contribution is 2.23. The van der Waals surface area contributed by atoms with Gasteiger partial charge in [0.15, 0.2) is 0 Å². The van der Waals surface area contributed by atoms with Gasteiger partial charge in [0, 0.05) is 37.1 Å². The van der Waals surface area contributed by atoms with Gasteiger partial charge in [0.2, 0.25) is 11.8 Å². The van der Waals surface area contributed by atoms with E-state index in [9.17, 15) is 4.79 Å². The van der Waals surface area contributed by atoms with E-state index in [4.69, 9.17) is 23.4 Å². The van der Waals surface area contributed by atoms with Crippen LogP contribution in [0.3, 0.4) is 0 Å². The zero-order chi connectivity index (χ0) is 36.5. The number of hydrogen-bond acceptors (Lipinski definition) is 9. The summed E-state index contributed by atoms with van der Waals surface area (Å²) >= 11 is 0. The van der Waals surface area contributed by atoms with Gasteiger partial charge in [-0.2, -0.15) is 0 Å². The van der Waals surface area contributed by atoms with E-state index < -0.39 is 5.97 Å². The van der Waals surface area contributed by atoms with Crippen molar-refractivity contribution in [2.75, 3.05) is 26.3 Å². The number of nitrogens with one attached hydrogen (secondary N) is 2. The second-order valence-corrected chi connectivity index (χ2v) is 12.0. The average Bonchev–Trinajstić information content (AvgIpc) is 3.74. The topological polar surface area (TPSA) is 132 Å². The summed E-state index contributed by atoms with van der Waals surface area (Å²) in [6.07, 6.45) is 1.38. The molecule has 0 bridgehead atoms. The monoisotopic (exact) mass is 702 g/mol. The molecule has 0 amide bonds. The first-order valence-electron chi connectivity index (χ1n) is 17.5. The number of oxazole rings is 2. The van der Waals surface area contributed by atoms with Crippen LogP contribution < -0.4 is 20.1 Å². The van der Waals surface area contributed by atoms with Crippen molar-refractivity contribution in [3.05, 3.63) is 143 Å². The molecule has 0 spiro atoms. The predicted octanol–water partition coefficient (Wildman–Crippen LogP) is 7.83. The zero-order valence-electron chi connectivity index (χ0n) is 29.9. The third-order valence-electron chi connectivity index (χ3n) is 8.07. The predicted molar refractivity (Wildman–Crippen MR) is 201 cm³/mol. The molecule has 52 heavy (non-hydrogen) atoms. The highest BCUT2D eigenvalue weighted by atomic mass is 16.5. The van der Waals surface area contributed by atoms with Crippen LogP contribution in [-0.4, -0.2) is 47.3 Å². The first kappa shape index (κ1) is 37.5. The molecule has 0 fully saturated rings. The average molecular weight is 703 g/mol. The fraction of sp³-hybridized carbons (Fsp3) is 0.262. The van der Waals surface area contributed by atoms with Gasteiger partial charge in [-0.05, 0) is 80.1 Å². The minimum Gasteiger partial charge on any atom is -0.493 e. The third-order valence-corrected chi connectivity index (χ3v) is 8.07. The highest BCUT2D eigenvalue weighted by Gasteiger charge is 2.12. The Morgan fingerprint density at radius 1 is 0.635 bits per heavy atom. The SMILES string of the molecule is CCNCc1ccc(OCCc2nc(-c3ccccc3)oc2C)cc1.Cc1oc(-c2ccccc2)nc1CCOc1ccc(CNCC(=O)O)cc1. The van der Waals surface area contributed by atoms with Gasteiger partial charge in [-0.15, -0.1) is 0 Å². The Hall–Kier alpha value is -5.71. The van der Waals surface area contributed by atoms with Crippen molar-refractivity contribution in [1.82, 2.24) is 20.6 Å². The molecule has 2 aromatic heterocycles. The van der Waals surface area contributed by atoms with Gasteiger partial charge in [-0.25, -0.2) is 9.97 Å². The van der Waals surface area contributed by atoms with Crippen molar-refractivity contribution in [2.45, 2.75) is 46.7 Å². The van der Waals surface area contributed by atoms with E-state index in [1.54, 1.807) is 0 Å². The summed E-state index contributed by atoms with van der Waals surface area (Å²) in [6.45, 7) is 9.35. The molecule has 0 saturated carbocycles. The molecule has 10 nitrogen and oxygen atoms in total. The van der Waals surface area contributed by atoms with Crippen LogP contribution in [-0.2, 0) is 30.7 Å². The number of aryl methyl sites for hydroxylation is 2. The molecule has 6 aromatic rings. The first-order chi connectivity index (χ1) is 25.4. The lowest BCUT2D eigenvalue weighted by atomic mass is 10.2. The summed E-state index contributed by atoms with van der Waals surface area (Å²) in [5.74, 6) is 3.72. The molecule has 0 atom stereocenters. The maximum atomic E-state index is 10.5. The van der Waals surface area contributed by atoms with Crippen LogP contribution in [0.4, 0.5) is 0 Å². The van der Waals surface area contributed by atoms with E-state index in [-0.39, 0.29) is 6.54 Å². The zero-order valence-corrected chi connectivity index (χ0v) is 29.9. The van der Waals surface area contributed by atoms with E-state index in [2.05, 4.69) is 39.7 Å². The Bertz CT molecular complexity index is 1940. The number of hydrogen-bond donors (Lipinski definition) is 3. The number of aliphatic carboxylic acids is 1. The first-order valence-corrected chi connectivity index (χ1v) is 17.5. The van der Waals surface area contributed by atoms with Crippen LogP contribution in [0.25, 0.3) is 22.9 Å². The van der Waals surface area contributed by atoms with E-state index in [0.717, 1.165) is 70.6 Å². The summed E-state index contributed by atoms with van der Waals surface area (Å²) in [4.78, 5) is 19.7. The second-order valence-electron chi connectivity index (χ2n) is 12.0. The molecule has 10 heteroatoms. The molecule has 0 aliphatic heterocycles. The molecule has 2 heterocycles. The summed E-state index contributed by atoms with van der Waals surface area (Å²) in [6, 6.07) is 35.6. The lowest BCUT2D eigenvalue weighted by Crippen LogP contribution is -2.21. The Kier molecular flexibility index (Phi) is 14.2. The molecule has 0 saturated heterocycles. The maximum Gasteiger partial charge on any atom is 0.317 e. The van der Waals surface area contributed by atoms with Gasteiger partial charge in [-0.1, -0.05) is 67.6 Å². The van der Waals surface area contributed by atoms with Crippen molar-refractivity contribution >= 4 is 5.97 Å². The lowest BCUT2D eigenvalue weighted by molar-refractivity contribution is -0.136. The Labute approximate surface area is 304 Å². The minimum absolute atomic E-state index is 0.0553. The fourth-order valence-electron chi connectivity index (χ4n) is 5.25. The van der Waals surface area contributed by atoms with E-state index in [0.29, 0.717) is 38.0 Å². The van der Waals surface area contributed by atoms with Gasteiger partial charge in [0.05, 0.1) is 31.1 Å². The largest absolute Gasteiger partial charge is 0.493 e. The van der Waals surface area contributed by atoms with Gasteiger partial charge in [-0.3, -0.25) is 4.79 Å². The van der Waals surface area contributed by atoms with Crippen molar-refractivity contribution in [3.8, 4) is 34.4 Å². The summed E-state index contributed by atoms with van der Waals surface area (Å²) in [7, 11) is 0. The molecule has 0 aliphatic carbocycles. The van der Waals surface area contributed by atoms with Crippen molar-refractivity contribution < 1.29 is 28.2 Å². The molecule has 4 aromatic carbocycles. The summed E-state index contributed by atoms with van der Waals surface area (Å²) < 4.78 is 23.2. The highest BCUT2D eigenvalue weighted by molar-refractivity contribution is 5.69. The number of ether oxygens (including phenoxy) is 2. The number of aromatic nitrogens is 2. The smallest absolute Gasteiger partial charge is 0.317 e.